The Morgan fingerprint density at radius 3 is 2.79 bits per heavy atom. The van der Waals surface area contributed by atoms with E-state index in [0.29, 0.717) is 17.1 Å². The van der Waals surface area contributed by atoms with Gasteiger partial charge >= 0.3 is 0 Å². The molecule has 0 unspecified atom stereocenters. The smallest absolute Gasteiger partial charge is 0.254 e. The van der Waals surface area contributed by atoms with Crippen molar-refractivity contribution >= 4 is 29.3 Å². The molecule has 3 nitrogen and oxygen atoms in total. The fourth-order valence-electron chi connectivity index (χ4n) is 2.50. The normalized spacial score (nSPS) is 17.4. The van der Waals surface area contributed by atoms with Crippen molar-refractivity contribution in [2.45, 2.75) is 37.4 Å². The molecule has 0 radical (unpaired) electrons. The van der Waals surface area contributed by atoms with E-state index in [1.54, 1.807) is 12.3 Å². The number of nitrogens with zero attached hydrogens (tertiary/aromatic N) is 1. The van der Waals surface area contributed by atoms with Gasteiger partial charge in [0.1, 0.15) is 0 Å². The highest BCUT2D eigenvalue weighted by atomic mass is 35.5. The SMILES string of the molecule is CSC1(CNC(=O)c2cnc(C)cc2Cl)CCCC1. The number of carbonyl (C=O) groups is 1. The van der Waals surface area contributed by atoms with Gasteiger partial charge in [-0.1, -0.05) is 24.4 Å². The second-order valence-electron chi connectivity index (χ2n) is 5.08. The Labute approximate surface area is 123 Å². The Morgan fingerprint density at radius 1 is 1.53 bits per heavy atom. The van der Waals surface area contributed by atoms with Gasteiger partial charge in [0.15, 0.2) is 0 Å². The first kappa shape index (κ1) is 14.7. The average Bonchev–Trinajstić information content (AvgIpc) is 2.85. The van der Waals surface area contributed by atoms with Gasteiger partial charge in [-0.25, -0.2) is 0 Å². The van der Waals surface area contributed by atoms with Gasteiger partial charge in [0.25, 0.3) is 5.91 Å². The number of hydrogen-bond acceptors (Lipinski definition) is 3. The predicted molar refractivity (Wildman–Crippen MR) is 81.0 cm³/mol. The molecule has 1 N–H and O–H groups in total. The number of nitrogens with one attached hydrogen (secondary N) is 1. The lowest BCUT2D eigenvalue weighted by atomic mass is 10.1. The largest absolute Gasteiger partial charge is 0.351 e. The van der Waals surface area contributed by atoms with Crippen LogP contribution in [-0.2, 0) is 0 Å². The van der Waals surface area contributed by atoms with Crippen LogP contribution >= 0.6 is 23.4 Å². The van der Waals surface area contributed by atoms with Crippen LogP contribution in [0.3, 0.4) is 0 Å². The summed E-state index contributed by atoms with van der Waals surface area (Å²) in [5.74, 6) is -0.127. The molecule has 1 aliphatic carbocycles. The second-order valence-corrected chi connectivity index (χ2v) is 6.76. The van der Waals surface area contributed by atoms with Crippen molar-refractivity contribution in [3.05, 3.63) is 28.5 Å². The molecular formula is C14H19ClN2OS. The molecule has 19 heavy (non-hydrogen) atoms. The molecule has 104 valence electrons. The summed E-state index contributed by atoms with van der Waals surface area (Å²) in [4.78, 5) is 16.3. The lowest BCUT2D eigenvalue weighted by Gasteiger charge is -2.26. The van der Waals surface area contributed by atoms with Gasteiger partial charge in [0.2, 0.25) is 0 Å². The third kappa shape index (κ3) is 3.42. The highest BCUT2D eigenvalue weighted by Crippen LogP contribution is 2.39. The molecule has 1 fully saturated rings. The number of thioether (sulfide) groups is 1. The van der Waals surface area contributed by atoms with Gasteiger partial charge in [-0.15, -0.1) is 0 Å². The van der Waals surface area contributed by atoms with E-state index in [4.69, 9.17) is 11.6 Å². The number of carbonyl (C=O) groups excluding carboxylic acids is 1. The summed E-state index contributed by atoms with van der Waals surface area (Å²) in [6.45, 7) is 2.56. The molecule has 1 saturated carbocycles. The summed E-state index contributed by atoms with van der Waals surface area (Å²) in [7, 11) is 0. The van der Waals surface area contributed by atoms with Crippen LogP contribution in [0.1, 0.15) is 41.7 Å². The number of halogens is 1. The third-order valence-corrected chi connectivity index (χ3v) is 5.49. The molecule has 5 heteroatoms. The maximum Gasteiger partial charge on any atom is 0.254 e. The van der Waals surface area contributed by atoms with Crippen molar-refractivity contribution < 1.29 is 4.79 Å². The van der Waals surface area contributed by atoms with Crippen LogP contribution in [-0.4, -0.2) is 28.4 Å². The molecule has 1 aliphatic rings. The van der Waals surface area contributed by atoms with Crippen LogP contribution in [0.25, 0.3) is 0 Å². The van der Waals surface area contributed by atoms with E-state index in [1.165, 1.54) is 25.7 Å². The standard InChI is InChI=1S/C14H19ClN2OS/c1-10-7-12(15)11(8-16-10)13(18)17-9-14(19-2)5-3-4-6-14/h7-8H,3-6,9H2,1-2H3,(H,17,18). The molecule has 0 aromatic carbocycles. The van der Waals surface area contributed by atoms with Gasteiger partial charge < -0.3 is 5.32 Å². The van der Waals surface area contributed by atoms with Crippen LogP contribution in [0.5, 0.6) is 0 Å². The fourth-order valence-corrected chi connectivity index (χ4v) is 3.71. The second kappa shape index (κ2) is 6.14. The van der Waals surface area contributed by atoms with Crippen LogP contribution in [0.2, 0.25) is 5.02 Å². The molecule has 1 amide bonds. The molecular weight excluding hydrogens is 280 g/mol. The molecule has 2 rings (SSSR count). The Morgan fingerprint density at radius 2 is 2.21 bits per heavy atom. The molecule has 0 atom stereocenters. The van der Waals surface area contributed by atoms with E-state index in [1.807, 2.05) is 18.7 Å². The lowest BCUT2D eigenvalue weighted by Crippen LogP contribution is -2.38. The van der Waals surface area contributed by atoms with Crippen LogP contribution in [0, 0.1) is 6.92 Å². The van der Waals surface area contributed by atoms with Gasteiger partial charge in [-0.2, -0.15) is 11.8 Å². The summed E-state index contributed by atoms with van der Waals surface area (Å²) < 4.78 is 0.209. The highest BCUT2D eigenvalue weighted by Gasteiger charge is 2.33. The number of pyridine rings is 1. The Hall–Kier alpha value is -0.740. The zero-order chi connectivity index (χ0) is 13.9. The first-order valence-electron chi connectivity index (χ1n) is 6.52. The van der Waals surface area contributed by atoms with Gasteiger partial charge in [0, 0.05) is 23.2 Å². The molecule has 0 saturated heterocycles. The first-order valence-corrected chi connectivity index (χ1v) is 8.12. The summed E-state index contributed by atoms with van der Waals surface area (Å²) in [5.41, 5.74) is 1.28. The fraction of sp³-hybridized carbons (Fsp3) is 0.571. The molecule has 1 aromatic rings. The first-order chi connectivity index (χ1) is 9.06. The zero-order valence-electron chi connectivity index (χ0n) is 11.3. The Balaban J connectivity index is 2.01. The molecule has 1 aromatic heterocycles. The topological polar surface area (TPSA) is 42.0 Å². The zero-order valence-corrected chi connectivity index (χ0v) is 12.9. The maximum absolute atomic E-state index is 12.1. The number of hydrogen-bond donors (Lipinski definition) is 1. The van der Waals surface area contributed by atoms with Crippen LogP contribution < -0.4 is 5.32 Å². The minimum Gasteiger partial charge on any atom is -0.351 e. The third-order valence-electron chi connectivity index (χ3n) is 3.75. The molecule has 1 heterocycles. The Kier molecular flexibility index (Phi) is 4.74. The number of aromatic nitrogens is 1. The monoisotopic (exact) mass is 298 g/mol. The van der Waals surface area contributed by atoms with Gasteiger partial charge in [-0.3, -0.25) is 9.78 Å². The van der Waals surface area contributed by atoms with E-state index in [2.05, 4.69) is 16.6 Å². The van der Waals surface area contributed by atoms with E-state index in [-0.39, 0.29) is 10.7 Å². The molecule has 0 aliphatic heterocycles. The highest BCUT2D eigenvalue weighted by molar-refractivity contribution is 8.00. The van der Waals surface area contributed by atoms with Crippen LogP contribution in [0.15, 0.2) is 12.3 Å². The summed E-state index contributed by atoms with van der Waals surface area (Å²) in [6, 6.07) is 1.72. The lowest BCUT2D eigenvalue weighted by molar-refractivity contribution is 0.0949. The van der Waals surface area contributed by atoms with E-state index in [0.717, 1.165) is 5.69 Å². The van der Waals surface area contributed by atoms with Crippen LogP contribution in [0.4, 0.5) is 0 Å². The van der Waals surface area contributed by atoms with Crippen molar-refractivity contribution in [3.63, 3.8) is 0 Å². The van der Waals surface area contributed by atoms with Crippen molar-refractivity contribution in [2.24, 2.45) is 0 Å². The van der Waals surface area contributed by atoms with Crippen molar-refractivity contribution in [3.8, 4) is 0 Å². The summed E-state index contributed by atoms with van der Waals surface area (Å²) in [5, 5.41) is 3.48. The summed E-state index contributed by atoms with van der Waals surface area (Å²) in [6.07, 6.45) is 8.53. The van der Waals surface area contributed by atoms with Crippen molar-refractivity contribution in [2.75, 3.05) is 12.8 Å². The van der Waals surface area contributed by atoms with Crippen molar-refractivity contribution in [1.29, 1.82) is 0 Å². The number of aryl methyl sites for hydroxylation is 1. The number of amides is 1. The minimum absolute atomic E-state index is 0.127. The molecule has 0 bridgehead atoms. The minimum atomic E-state index is -0.127. The summed E-state index contributed by atoms with van der Waals surface area (Å²) >= 11 is 7.94. The van der Waals surface area contributed by atoms with Gasteiger partial charge in [-0.05, 0) is 32.1 Å². The molecule has 0 spiro atoms. The van der Waals surface area contributed by atoms with Crippen molar-refractivity contribution in [1.82, 2.24) is 10.3 Å². The number of rotatable bonds is 4. The maximum atomic E-state index is 12.1. The van der Waals surface area contributed by atoms with E-state index in [9.17, 15) is 4.79 Å². The quantitative estimate of drug-likeness (QED) is 0.926. The van der Waals surface area contributed by atoms with Gasteiger partial charge in [0.05, 0.1) is 10.6 Å². The van der Waals surface area contributed by atoms with E-state index < -0.39 is 0 Å². The average molecular weight is 299 g/mol. The van der Waals surface area contributed by atoms with E-state index >= 15 is 0 Å². The Bertz CT molecular complexity index is 473. The predicted octanol–water partition coefficient (Wildman–Crippen LogP) is 3.45.